The van der Waals surface area contributed by atoms with Crippen LogP contribution in [-0.4, -0.2) is 33.0 Å². The van der Waals surface area contributed by atoms with Crippen molar-refractivity contribution in [2.24, 2.45) is 0 Å². The summed E-state index contributed by atoms with van der Waals surface area (Å²) in [4.78, 5) is 0.225. The van der Waals surface area contributed by atoms with E-state index in [1.54, 1.807) is 30.8 Å². The number of nitrogen functional groups attached to an aromatic ring is 1. The standard InChI is InChI=1S/C12H21N3O2S2/c1-4-15-19(16,17)10-5-6-11(13)12(7-10)14-8-9(2)18-3/h5-7,9,14-15H,4,8,13H2,1-3H3. The number of rotatable bonds is 7. The molecule has 19 heavy (non-hydrogen) atoms. The highest BCUT2D eigenvalue weighted by Crippen LogP contribution is 2.23. The third-order valence-corrected chi connectivity index (χ3v) is 5.17. The van der Waals surface area contributed by atoms with Crippen molar-refractivity contribution in [1.29, 1.82) is 0 Å². The summed E-state index contributed by atoms with van der Waals surface area (Å²) in [5, 5.41) is 3.60. The van der Waals surface area contributed by atoms with Crippen LogP contribution in [0.3, 0.4) is 0 Å². The Morgan fingerprint density at radius 1 is 1.42 bits per heavy atom. The van der Waals surface area contributed by atoms with E-state index in [9.17, 15) is 8.42 Å². The summed E-state index contributed by atoms with van der Waals surface area (Å²) in [7, 11) is -3.44. The molecule has 5 nitrogen and oxygen atoms in total. The van der Waals surface area contributed by atoms with E-state index in [0.717, 1.165) is 6.54 Å². The van der Waals surface area contributed by atoms with Gasteiger partial charge >= 0.3 is 0 Å². The normalized spacial score (nSPS) is 13.2. The Kier molecular flexibility index (Phi) is 5.96. The van der Waals surface area contributed by atoms with E-state index in [0.29, 0.717) is 23.2 Å². The van der Waals surface area contributed by atoms with Gasteiger partial charge in [0.2, 0.25) is 10.0 Å². The Morgan fingerprint density at radius 2 is 2.11 bits per heavy atom. The van der Waals surface area contributed by atoms with Crippen LogP contribution in [0.5, 0.6) is 0 Å². The second-order valence-electron chi connectivity index (χ2n) is 4.18. The minimum Gasteiger partial charge on any atom is -0.397 e. The lowest BCUT2D eigenvalue weighted by Crippen LogP contribution is -2.23. The highest BCUT2D eigenvalue weighted by molar-refractivity contribution is 7.99. The zero-order valence-corrected chi connectivity index (χ0v) is 13.1. The molecule has 1 aromatic carbocycles. The van der Waals surface area contributed by atoms with Crippen molar-refractivity contribution in [3.8, 4) is 0 Å². The topological polar surface area (TPSA) is 84.2 Å². The monoisotopic (exact) mass is 303 g/mol. The van der Waals surface area contributed by atoms with Crippen LogP contribution in [0.25, 0.3) is 0 Å². The first-order valence-corrected chi connectivity index (χ1v) is 8.83. The minimum absolute atomic E-state index is 0.225. The molecule has 1 rings (SSSR count). The van der Waals surface area contributed by atoms with Crippen LogP contribution in [0, 0.1) is 0 Å². The molecule has 4 N–H and O–H groups in total. The lowest BCUT2D eigenvalue weighted by atomic mass is 10.2. The fraction of sp³-hybridized carbons (Fsp3) is 0.500. The van der Waals surface area contributed by atoms with Crippen LogP contribution in [0.4, 0.5) is 11.4 Å². The molecule has 0 heterocycles. The Morgan fingerprint density at radius 3 is 2.68 bits per heavy atom. The van der Waals surface area contributed by atoms with Crippen molar-refractivity contribution < 1.29 is 8.42 Å². The maximum atomic E-state index is 11.9. The quantitative estimate of drug-likeness (QED) is 0.668. The molecule has 0 saturated carbocycles. The van der Waals surface area contributed by atoms with Crippen molar-refractivity contribution in [1.82, 2.24) is 4.72 Å². The van der Waals surface area contributed by atoms with E-state index >= 15 is 0 Å². The summed E-state index contributed by atoms with van der Waals surface area (Å²) in [5.41, 5.74) is 7.05. The molecule has 0 aliphatic rings. The molecule has 0 bridgehead atoms. The SMILES string of the molecule is CCNS(=O)(=O)c1ccc(N)c(NCC(C)SC)c1. The van der Waals surface area contributed by atoms with Crippen molar-refractivity contribution in [2.45, 2.75) is 24.0 Å². The average molecular weight is 303 g/mol. The van der Waals surface area contributed by atoms with Crippen molar-refractivity contribution in [3.05, 3.63) is 18.2 Å². The van der Waals surface area contributed by atoms with Crippen LogP contribution in [-0.2, 0) is 10.0 Å². The molecule has 0 radical (unpaired) electrons. The maximum absolute atomic E-state index is 11.9. The van der Waals surface area contributed by atoms with Crippen molar-refractivity contribution in [3.63, 3.8) is 0 Å². The lowest BCUT2D eigenvalue weighted by molar-refractivity contribution is 0.584. The van der Waals surface area contributed by atoms with Crippen LogP contribution < -0.4 is 15.8 Å². The van der Waals surface area contributed by atoms with Gasteiger partial charge in [-0.15, -0.1) is 0 Å². The van der Waals surface area contributed by atoms with Gasteiger partial charge in [0.25, 0.3) is 0 Å². The van der Waals surface area contributed by atoms with Gasteiger partial charge in [0.15, 0.2) is 0 Å². The second kappa shape index (κ2) is 7.02. The largest absolute Gasteiger partial charge is 0.397 e. The van der Waals surface area contributed by atoms with Crippen LogP contribution in [0.2, 0.25) is 0 Å². The molecule has 0 saturated heterocycles. The molecule has 1 unspecified atom stereocenters. The fourth-order valence-electron chi connectivity index (χ4n) is 1.47. The number of thioether (sulfide) groups is 1. The van der Waals surface area contributed by atoms with Crippen molar-refractivity contribution in [2.75, 3.05) is 30.4 Å². The zero-order chi connectivity index (χ0) is 14.5. The van der Waals surface area contributed by atoms with Gasteiger partial charge < -0.3 is 11.1 Å². The molecule has 0 aliphatic carbocycles. The lowest BCUT2D eigenvalue weighted by Gasteiger charge is -2.14. The predicted molar refractivity (Wildman–Crippen MR) is 83.2 cm³/mol. The first-order valence-electron chi connectivity index (χ1n) is 6.06. The summed E-state index contributed by atoms with van der Waals surface area (Å²) < 4.78 is 26.3. The molecule has 1 aromatic rings. The molecule has 0 spiro atoms. The third kappa shape index (κ3) is 4.59. The Hall–Kier alpha value is -0.920. The van der Waals surface area contributed by atoms with Gasteiger partial charge in [-0.3, -0.25) is 0 Å². The molecule has 0 aliphatic heterocycles. The highest BCUT2D eigenvalue weighted by Gasteiger charge is 2.14. The van der Waals surface area contributed by atoms with E-state index in [-0.39, 0.29) is 4.90 Å². The van der Waals surface area contributed by atoms with Gasteiger partial charge in [-0.2, -0.15) is 11.8 Å². The Balaban J connectivity index is 2.94. The fourth-order valence-corrected chi connectivity index (χ4v) is 2.78. The molecule has 108 valence electrons. The molecule has 1 atom stereocenters. The van der Waals surface area contributed by atoms with Gasteiger partial charge in [0.1, 0.15) is 0 Å². The smallest absolute Gasteiger partial charge is 0.240 e. The van der Waals surface area contributed by atoms with Crippen LogP contribution >= 0.6 is 11.8 Å². The van der Waals surface area contributed by atoms with E-state index < -0.39 is 10.0 Å². The van der Waals surface area contributed by atoms with E-state index in [2.05, 4.69) is 17.0 Å². The van der Waals surface area contributed by atoms with Crippen molar-refractivity contribution >= 4 is 33.2 Å². The zero-order valence-electron chi connectivity index (χ0n) is 11.4. The minimum atomic E-state index is -3.44. The number of hydrogen-bond donors (Lipinski definition) is 3. The van der Waals surface area contributed by atoms with Gasteiger partial charge in [-0.1, -0.05) is 13.8 Å². The molecule has 0 aromatic heterocycles. The first-order chi connectivity index (χ1) is 8.90. The van der Waals surface area contributed by atoms with E-state index in [4.69, 9.17) is 5.73 Å². The van der Waals surface area contributed by atoms with Gasteiger partial charge in [-0.25, -0.2) is 13.1 Å². The second-order valence-corrected chi connectivity index (χ2v) is 7.22. The molecular formula is C12H21N3O2S2. The van der Waals surface area contributed by atoms with E-state index in [1.165, 1.54) is 6.07 Å². The first kappa shape index (κ1) is 16.1. The number of hydrogen-bond acceptors (Lipinski definition) is 5. The molecular weight excluding hydrogens is 282 g/mol. The maximum Gasteiger partial charge on any atom is 0.240 e. The third-order valence-electron chi connectivity index (χ3n) is 2.65. The predicted octanol–water partition coefficient (Wildman–Crippen LogP) is 1.73. The summed E-state index contributed by atoms with van der Waals surface area (Å²) >= 11 is 1.73. The summed E-state index contributed by atoms with van der Waals surface area (Å²) in [6, 6.07) is 4.69. The molecule has 7 heteroatoms. The Labute approximate surface area is 119 Å². The summed E-state index contributed by atoms with van der Waals surface area (Å²) in [6.07, 6.45) is 2.03. The number of benzene rings is 1. The number of anilines is 2. The van der Waals surface area contributed by atoms with E-state index in [1.807, 2.05) is 6.26 Å². The summed E-state index contributed by atoms with van der Waals surface area (Å²) in [6.45, 7) is 4.93. The van der Waals surface area contributed by atoms with Gasteiger partial charge in [-0.05, 0) is 24.5 Å². The number of nitrogens with one attached hydrogen (secondary N) is 2. The number of sulfonamides is 1. The Bertz CT molecular complexity index is 518. The van der Waals surface area contributed by atoms with Gasteiger partial charge in [0, 0.05) is 18.3 Å². The van der Waals surface area contributed by atoms with Crippen LogP contribution in [0.1, 0.15) is 13.8 Å². The van der Waals surface area contributed by atoms with Crippen LogP contribution in [0.15, 0.2) is 23.1 Å². The average Bonchev–Trinajstić information content (AvgIpc) is 2.37. The summed E-state index contributed by atoms with van der Waals surface area (Å²) in [5.74, 6) is 0. The molecule has 0 fully saturated rings. The van der Waals surface area contributed by atoms with Gasteiger partial charge in [0.05, 0.1) is 16.3 Å². The highest BCUT2D eigenvalue weighted by atomic mass is 32.2. The molecule has 0 amide bonds. The number of nitrogens with two attached hydrogens (primary N) is 1.